The molecule has 0 amide bonds. The Balaban J connectivity index is 0.000000191. The van der Waals surface area contributed by atoms with Gasteiger partial charge in [0.2, 0.25) is 0 Å². The van der Waals surface area contributed by atoms with Crippen molar-refractivity contribution in [3.8, 4) is 11.3 Å². The van der Waals surface area contributed by atoms with Crippen LogP contribution in [0.1, 0.15) is 26.7 Å². The molecule has 0 unspecified atom stereocenters. The van der Waals surface area contributed by atoms with Crippen molar-refractivity contribution < 1.29 is 20.1 Å². The van der Waals surface area contributed by atoms with Crippen LogP contribution in [0.2, 0.25) is 12.1 Å². The molecule has 38 heavy (non-hydrogen) atoms. The SMILES string of the molecule is CCC[Si]1(CCC)c2cc[c-]c3c4ncccc4c4cccc1c4c23.[Ir].[c-]1ccncc1-c1ccccn1. The van der Waals surface area contributed by atoms with Gasteiger partial charge in [-0.25, -0.2) is 0 Å². The molecule has 5 heteroatoms. The zero-order valence-corrected chi connectivity index (χ0v) is 25.1. The van der Waals surface area contributed by atoms with Gasteiger partial charge in [0.1, 0.15) is 0 Å². The number of pyridine rings is 3. The molecule has 1 aliphatic heterocycles. The van der Waals surface area contributed by atoms with Crippen LogP contribution in [-0.4, -0.2) is 23.0 Å². The van der Waals surface area contributed by atoms with Gasteiger partial charge in [0.25, 0.3) is 0 Å². The maximum absolute atomic E-state index is 4.75. The second-order valence-electron chi connectivity index (χ2n) is 9.72. The van der Waals surface area contributed by atoms with Crippen LogP contribution in [0.3, 0.4) is 0 Å². The molecule has 3 aromatic carbocycles. The standard InChI is InChI=1S/C23H22NSi.C10H7N2.Ir/c1-3-14-25(15-4-2)19-11-5-8-16-17-10-7-13-24-23(17)18-9-6-12-20(25)22(18)21(16)19;1-2-7-12-10(5-1)9-4-3-6-11-8-9;/h5-8,10-13H,3-4,14-15H2,1-2H3;1-3,5-8H;/q2*-1;. The van der Waals surface area contributed by atoms with Gasteiger partial charge in [0.05, 0.1) is 8.07 Å². The van der Waals surface area contributed by atoms with E-state index in [0.717, 1.165) is 16.8 Å². The van der Waals surface area contributed by atoms with Gasteiger partial charge < -0.3 is 15.0 Å². The van der Waals surface area contributed by atoms with E-state index in [1.54, 1.807) is 35.0 Å². The number of benzene rings is 3. The fraction of sp³-hybridized carbons (Fsp3) is 0.182. The number of hydrogen-bond acceptors (Lipinski definition) is 3. The number of nitrogens with zero attached hydrogens (tertiary/aromatic N) is 3. The minimum atomic E-state index is -1.68. The molecule has 0 saturated heterocycles. The summed E-state index contributed by atoms with van der Waals surface area (Å²) in [5, 5.41) is 10.2. The third-order valence-electron chi connectivity index (χ3n) is 7.57. The van der Waals surface area contributed by atoms with Crippen LogP contribution in [0.5, 0.6) is 0 Å². The zero-order valence-electron chi connectivity index (χ0n) is 21.7. The molecular weight excluding hydrogens is 659 g/mol. The van der Waals surface area contributed by atoms with E-state index in [0.29, 0.717) is 0 Å². The summed E-state index contributed by atoms with van der Waals surface area (Å²) < 4.78 is 0. The molecule has 0 bridgehead atoms. The maximum atomic E-state index is 4.75. The first-order chi connectivity index (χ1) is 18.3. The third kappa shape index (κ3) is 4.29. The summed E-state index contributed by atoms with van der Waals surface area (Å²) in [4.78, 5) is 12.9. The van der Waals surface area contributed by atoms with Gasteiger partial charge >= 0.3 is 0 Å². The number of hydrogen-bond donors (Lipinski definition) is 0. The minimum Gasteiger partial charge on any atom is -0.360 e. The number of rotatable bonds is 5. The Labute approximate surface area is 238 Å². The van der Waals surface area contributed by atoms with E-state index in [-0.39, 0.29) is 20.1 Å². The minimum absolute atomic E-state index is 0. The summed E-state index contributed by atoms with van der Waals surface area (Å²) in [6, 6.07) is 32.7. The molecule has 191 valence electrons. The normalized spacial score (nSPS) is 12.9. The van der Waals surface area contributed by atoms with Crippen molar-refractivity contribution in [2.24, 2.45) is 0 Å². The quantitative estimate of drug-likeness (QED) is 0.112. The first-order valence-corrected chi connectivity index (χ1v) is 15.6. The molecule has 0 N–H and O–H groups in total. The van der Waals surface area contributed by atoms with Crippen molar-refractivity contribution in [2.75, 3.05) is 0 Å². The molecule has 0 saturated carbocycles. The molecule has 4 heterocycles. The molecule has 1 radical (unpaired) electrons. The molecule has 7 rings (SSSR count). The van der Waals surface area contributed by atoms with Crippen LogP contribution in [-0.2, 0) is 20.1 Å². The number of aromatic nitrogens is 3. The number of fused-ring (bicyclic) bond motifs is 3. The van der Waals surface area contributed by atoms with E-state index in [2.05, 4.69) is 78.4 Å². The zero-order chi connectivity index (χ0) is 25.2. The molecular formula is C33H29IrN3Si-2. The smallest absolute Gasteiger partial charge is 0.0993 e. The topological polar surface area (TPSA) is 38.7 Å². The Morgan fingerprint density at radius 3 is 2.24 bits per heavy atom. The van der Waals surface area contributed by atoms with Gasteiger partial charge in [-0.15, -0.1) is 46.5 Å². The molecule has 0 fully saturated rings. The Kier molecular flexibility index (Phi) is 7.80. The van der Waals surface area contributed by atoms with Crippen molar-refractivity contribution in [3.05, 3.63) is 104 Å². The second kappa shape index (κ2) is 11.2. The predicted molar refractivity (Wildman–Crippen MR) is 157 cm³/mol. The summed E-state index contributed by atoms with van der Waals surface area (Å²) in [5.74, 6) is 0. The molecule has 1 aliphatic rings. The average Bonchev–Trinajstić information content (AvgIpc) is 3.25. The van der Waals surface area contributed by atoms with Crippen molar-refractivity contribution in [2.45, 2.75) is 38.8 Å². The van der Waals surface area contributed by atoms with Crippen LogP contribution in [0, 0.1) is 12.1 Å². The summed E-state index contributed by atoms with van der Waals surface area (Å²) in [7, 11) is -1.68. The first-order valence-electron chi connectivity index (χ1n) is 13.2. The summed E-state index contributed by atoms with van der Waals surface area (Å²) in [6.07, 6.45) is 9.65. The van der Waals surface area contributed by atoms with E-state index in [4.69, 9.17) is 4.98 Å². The monoisotopic (exact) mass is 688 g/mol. The van der Waals surface area contributed by atoms with Crippen molar-refractivity contribution in [3.63, 3.8) is 0 Å². The predicted octanol–water partition coefficient (Wildman–Crippen LogP) is 6.98. The Morgan fingerprint density at radius 1 is 0.711 bits per heavy atom. The largest absolute Gasteiger partial charge is 0.360 e. The van der Waals surface area contributed by atoms with Gasteiger partial charge in [-0.05, 0) is 34.1 Å². The van der Waals surface area contributed by atoms with Gasteiger partial charge in [-0.1, -0.05) is 104 Å². The molecule has 3 nitrogen and oxygen atoms in total. The van der Waals surface area contributed by atoms with Crippen LogP contribution in [0.15, 0.2) is 91.5 Å². The molecule has 0 aliphatic carbocycles. The molecule has 0 spiro atoms. The third-order valence-corrected chi connectivity index (χ3v) is 13.2. The van der Waals surface area contributed by atoms with Crippen molar-refractivity contribution >= 4 is 50.9 Å². The van der Waals surface area contributed by atoms with Gasteiger partial charge in [-0.3, -0.25) is 0 Å². The Bertz CT molecular complexity index is 1580. The van der Waals surface area contributed by atoms with Crippen LogP contribution in [0.4, 0.5) is 0 Å². The Hall–Kier alpha value is -3.24. The fourth-order valence-electron chi connectivity index (χ4n) is 6.26. The fourth-order valence-corrected chi connectivity index (χ4v) is 11.9. The molecule has 3 aromatic heterocycles. The Morgan fingerprint density at radius 2 is 1.50 bits per heavy atom. The van der Waals surface area contributed by atoms with Gasteiger partial charge in [-0.2, -0.15) is 0 Å². The van der Waals surface area contributed by atoms with E-state index >= 15 is 0 Å². The van der Waals surface area contributed by atoms with Crippen LogP contribution < -0.4 is 10.4 Å². The summed E-state index contributed by atoms with van der Waals surface area (Å²) >= 11 is 0. The van der Waals surface area contributed by atoms with E-state index < -0.39 is 8.07 Å². The van der Waals surface area contributed by atoms with E-state index in [1.807, 2.05) is 24.4 Å². The van der Waals surface area contributed by atoms with Gasteiger partial charge in [0.15, 0.2) is 0 Å². The first kappa shape index (κ1) is 26.4. The summed E-state index contributed by atoms with van der Waals surface area (Å²) in [6.45, 7) is 4.69. The van der Waals surface area contributed by atoms with E-state index in [9.17, 15) is 0 Å². The second-order valence-corrected chi connectivity index (χ2v) is 14.0. The maximum Gasteiger partial charge on any atom is 0.0993 e. The van der Waals surface area contributed by atoms with Crippen LogP contribution in [0.25, 0.3) is 43.7 Å². The van der Waals surface area contributed by atoms with E-state index in [1.165, 1.54) is 51.9 Å². The molecule has 6 aromatic rings. The van der Waals surface area contributed by atoms with Crippen molar-refractivity contribution in [1.29, 1.82) is 0 Å². The van der Waals surface area contributed by atoms with Crippen molar-refractivity contribution in [1.82, 2.24) is 15.0 Å². The average molecular weight is 688 g/mol. The van der Waals surface area contributed by atoms with Gasteiger partial charge in [0, 0.05) is 32.5 Å². The summed E-state index contributed by atoms with van der Waals surface area (Å²) in [5.41, 5.74) is 2.95. The molecule has 0 atom stereocenters. The van der Waals surface area contributed by atoms with Crippen LogP contribution >= 0.6 is 0 Å².